The van der Waals surface area contributed by atoms with E-state index >= 15 is 0 Å². The van der Waals surface area contributed by atoms with Crippen molar-refractivity contribution in [2.24, 2.45) is 0 Å². The van der Waals surface area contributed by atoms with Gasteiger partial charge in [0.2, 0.25) is 0 Å². The van der Waals surface area contributed by atoms with Crippen LogP contribution in [-0.4, -0.2) is 18.1 Å². The third-order valence-electron chi connectivity index (χ3n) is 4.53. The van der Waals surface area contributed by atoms with Crippen LogP contribution in [0.15, 0.2) is 53.1 Å². The summed E-state index contributed by atoms with van der Waals surface area (Å²) in [6.07, 6.45) is 0.848. The molecule has 0 fully saturated rings. The molecular weight excluding hydrogens is 316 g/mol. The highest BCUT2D eigenvalue weighted by atomic mass is 16.5. The van der Waals surface area contributed by atoms with Gasteiger partial charge in [-0.05, 0) is 30.2 Å². The van der Waals surface area contributed by atoms with Crippen molar-refractivity contribution in [3.05, 3.63) is 65.4 Å². The highest BCUT2D eigenvalue weighted by molar-refractivity contribution is 6.06. The highest BCUT2D eigenvalue weighted by Crippen LogP contribution is 2.39. The van der Waals surface area contributed by atoms with E-state index in [1.807, 2.05) is 48.5 Å². The monoisotopic (exact) mass is 334 g/mol. The van der Waals surface area contributed by atoms with E-state index < -0.39 is 0 Å². The molecule has 1 aliphatic heterocycles. The number of carbonyl (C=O) groups is 1. The van der Waals surface area contributed by atoms with Gasteiger partial charge in [0.1, 0.15) is 12.4 Å². The largest absolute Gasteiger partial charge is 0.488 e. The van der Waals surface area contributed by atoms with Crippen molar-refractivity contribution >= 4 is 11.6 Å². The fourth-order valence-electron chi connectivity index (χ4n) is 3.16. The molecule has 0 unspecified atom stereocenters. The van der Waals surface area contributed by atoms with Gasteiger partial charge in [-0.2, -0.15) is 0 Å². The van der Waals surface area contributed by atoms with Gasteiger partial charge in [0.15, 0.2) is 11.5 Å². The van der Waals surface area contributed by atoms with E-state index in [2.05, 4.69) is 12.1 Å². The Hall–Kier alpha value is -3.08. The first kappa shape index (κ1) is 15.4. The smallest absolute Gasteiger partial charge is 0.280 e. The lowest BCUT2D eigenvalue weighted by atomic mass is 10.0. The molecule has 4 rings (SSSR count). The minimum atomic E-state index is -0.200. The fourth-order valence-corrected chi connectivity index (χ4v) is 3.16. The van der Waals surface area contributed by atoms with Gasteiger partial charge in [-0.3, -0.25) is 4.79 Å². The molecule has 3 aromatic rings. The van der Waals surface area contributed by atoms with Gasteiger partial charge in [-0.1, -0.05) is 42.4 Å². The first-order chi connectivity index (χ1) is 12.2. The Bertz CT molecular complexity index is 946. The molecule has 1 amide bonds. The third kappa shape index (κ3) is 2.48. The quantitative estimate of drug-likeness (QED) is 0.724. The Morgan fingerprint density at radius 2 is 1.92 bits per heavy atom. The number of aryl methyl sites for hydroxylation is 1. The molecule has 0 N–H and O–H groups in total. The highest BCUT2D eigenvalue weighted by Gasteiger charge is 2.30. The Labute approximate surface area is 145 Å². The number of carbonyl (C=O) groups excluding carboxylic acids is 1. The maximum Gasteiger partial charge on any atom is 0.280 e. The zero-order chi connectivity index (χ0) is 17.4. The summed E-state index contributed by atoms with van der Waals surface area (Å²) in [6.45, 7) is 2.35. The molecule has 0 radical (unpaired) electrons. The van der Waals surface area contributed by atoms with Crippen LogP contribution >= 0.6 is 0 Å². The third-order valence-corrected chi connectivity index (χ3v) is 4.53. The Kier molecular flexibility index (Phi) is 3.76. The first-order valence-corrected chi connectivity index (χ1v) is 8.27. The summed E-state index contributed by atoms with van der Waals surface area (Å²) < 4.78 is 11.3. The lowest BCUT2D eigenvalue weighted by molar-refractivity contribution is 0.0982. The van der Waals surface area contributed by atoms with Crippen molar-refractivity contribution in [3.63, 3.8) is 0 Å². The van der Waals surface area contributed by atoms with Gasteiger partial charge in [-0.15, -0.1) is 0 Å². The maximum atomic E-state index is 13.0. The summed E-state index contributed by atoms with van der Waals surface area (Å²) in [6, 6.07) is 15.5. The van der Waals surface area contributed by atoms with Crippen LogP contribution in [0.25, 0.3) is 11.3 Å². The molecule has 25 heavy (non-hydrogen) atoms. The van der Waals surface area contributed by atoms with Crippen LogP contribution in [0.3, 0.4) is 0 Å². The molecule has 0 atom stereocenters. The van der Waals surface area contributed by atoms with Crippen LogP contribution in [0.1, 0.15) is 28.5 Å². The van der Waals surface area contributed by atoms with Crippen LogP contribution < -0.4 is 9.64 Å². The SMILES string of the molecule is CCc1ccccc1N(C)C(=O)c1noc2c1COc1ccccc1-2. The molecule has 5 heteroatoms. The molecule has 5 nitrogen and oxygen atoms in total. The van der Waals surface area contributed by atoms with E-state index in [0.717, 1.165) is 29.0 Å². The molecule has 0 aliphatic carbocycles. The predicted molar refractivity (Wildman–Crippen MR) is 94.8 cm³/mol. The summed E-state index contributed by atoms with van der Waals surface area (Å²) in [5, 5.41) is 4.05. The zero-order valence-corrected chi connectivity index (χ0v) is 14.2. The minimum absolute atomic E-state index is 0.200. The number of ether oxygens (including phenoxy) is 1. The van der Waals surface area contributed by atoms with Crippen LogP contribution in [0.2, 0.25) is 0 Å². The summed E-state index contributed by atoms with van der Waals surface area (Å²) in [5.74, 6) is 1.16. The number of hydrogen-bond donors (Lipinski definition) is 0. The molecule has 2 aromatic carbocycles. The number of nitrogens with zero attached hydrogens (tertiary/aromatic N) is 2. The van der Waals surface area contributed by atoms with Crippen molar-refractivity contribution in [2.45, 2.75) is 20.0 Å². The molecule has 126 valence electrons. The molecule has 0 spiro atoms. The van der Waals surface area contributed by atoms with E-state index in [9.17, 15) is 4.79 Å². The summed E-state index contributed by atoms with van der Waals surface area (Å²) in [5.41, 5.74) is 3.82. The second kappa shape index (κ2) is 6.09. The topological polar surface area (TPSA) is 55.6 Å². The van der Waals surface area contributed by atoms with E-state index in [1.165, 1.54) is 0 Å². The molecule has 0 saturated heterocycles. The van der Waals surface area contributed by atoms with E-state index in [4.69, 9.17) is 9.26 Å². The maximum absolute atomic E-state index is 13.0. The van der Waals surface area contributed by atoms with E-state index in [-0.39, 0.29) is 12.5 Å². The van der Waals surface area contributed by atoms with Crippen molar-refractivity contribution < 1.29 is 14.1 Å². The lowest BCUT2D eigenvalue weighted by Crippen LogP contribution is -2.28. The normalized spacial score (nSPS) is 12.1. The molecule has 1 aromatic heterocycles. The minimum Gasteiger partial charge on any atom is -0.488 e. The fraction of sp³-hybridized carbons (Fsp3) is 0.200. The Morgan fingerprint density at radius 3 is 2.76 bits per heavy atom. The first-order valence-electron chi connectivity index (χ1n) is 8.27. The molecule has 2 heterocycles. The summed E-state index contributed by atoms with van der Waals surface area (Å²) >= 11 is 0. The summed E-state index contributed by atoms with van der Waals surface area (Å²) in [7, 11) is 1.76. The van der Waals surface area contributed by atoms with Crippen molar-refractivity contribution in [3.8, 4) is 17.1 Å². The van der Waals surface area contributed by atoms with Gasteiger partial charge in [-0.25, -0.2) is 0 Å². The average molecular weight is 334 g/mol. The number of benzene rings is 2. The van der Waals surface area contributed by atoms with Crippen LogP contribution in [-0.2, 0) is 13.0 Å². The number of fused-ring (bicyclic) bond motifs is 3. The second-order valence-electron chi connectivity index (χ2n) is 5.97. The number of rotatable bonds is 3. The van der Waals surface area contributed by atoms with Crippen molar-refractivity contribution in [1.82, 2.24) is 5.16 Å². The van der Waals surface area contributed by atoms with Crippen LogP contribution in [0.5, 0.6) is 5.75 Å². The van der Waals surface area contributed by atoms with E-state index in [1.54, 1.807) is 11.9 Å². The molecular formula is C20H18N2O3. The average Bonchev–Trinajstić information content (AvgIpc) is 3.11. The number of aromatic nitrogens is 1. The van der Waals surface area contributed by atoms with Gasteiger partial charge in [0, 0.05) is 12.7 Å². The molecule has 0 bridgehead atoms. The Morgan fingerprint density at radius 1 is 1.16 bits per heavy atom. The molecule has 1 aliphatic rings. The van der Waals surface area contributed by atoms with Gasteiger partial charge >= 0.3 is 0 Å². The predicted octanol–water partition coefficient (Wildman–Crippen LogP) is 4.07. The number of para-hydroxylation sites is 2. The number of amides is 1. The van der Waals surface area contributed by atoms with Gasteiger partial charge < -0.3 is 14.2 Å². The van der Waals surface area contributed by atoms with Crippen LogP contribution in [0.4, 0.5) is 5.69 Å². The lowest BCUT2D eigenvalue weighted by Gasteiger charge is -2.20. The van der Waals surface area contributed by atoms with Crippen molar-refractivity contribution in [1.29, 1.82) is 0 Å². The second-order valence-corrected chi connectivity index (χ2v) is 5.97. The molecule has 0 saturated carbocycles. The van der Waals surface area contributed by atoms with Gasteiger partial charge in [0.25, 0.3) is 5.91 Å². The zero-order valence-electron chi connectivity index (χ0n) is 14.2. The van der Waals surface area contributed by atoms with Crippen molar-refractivity contribution in [2.75, 3.05) is 11.9 Å². The van der Waals surface area contributed by atoms with Crippen LogP contribution in [0, 0.1) is 0 Å². The summed E-state index contributed by atoms with van der Waals surface area (Å²) in [4.78, 5) is 14.6. The van der Waals surface area contributed by atoms with E-state index in [0.29, 0.717) is 17.0 Å². The number of hydrogen-bond acceptors (Lipinski definition) is 4. The van der Waals surface area contributed by atoms with Gasteiger partial charge in [0.05, 0.1) is 11.1 Å². The standard InChI is InChI=1S/C20H18N2O3/c1-3-13-8-4-6-10-16(13)22(2)20(23)18-15-12-24-17-11-7-5-9-14(17)19(15)25-21-18/h4-11H,3,12H2,1-2H3. The Balaban J connectivity index is 1.72. The number of anilines is 1.